The number of carbonyl (C=O) groups is 1. The molecule has 7 heteroatoms. The van der Waals surface area contributed by atoms with Crippen molar-refractivity contribution in [2.24, 2.45) is 0 Å². The molecular formula is C12H13ClN4O2. The normalized spacial score (nSPS) is 10.3. The molecule has 0 fully saturated rings. The fourth-order valence-electron chi connectivity index (χ4n) is 1.55. The third-order valence-corrected chi connectivity index (χ3v) is 2.94. The molecule has 2 aromatic rings. The summed E-state index contributed by atoms with van der Waals surface area (Å²) in [6, 6.07) is 3.38. The second-order valence-corrected chi connectivity index (χ2v) is 4.41. The van der Waals surface area contributed by atoms with E-state index in [2.05, 4.69) is 20.5 Å². The van der Waals surface area contributed by atoms with Crippen LogP contribution in [0.1, 0.15) is 22.0 Å². The molecule has 0 spiro atoms. The summed E-state index contributed by atoms with van der Waals surface area (Å²) in [7, 11) is 1.51. The number of aromatic nitrogens is 3. The van der Waals surface area contributed by atoms with Gasteiger partial charge in [-0.25, -0.2) is 4.98 Å². The van der Waals surface area contributed by atoms with Gasteiger partial charge in [0.2, 0.25) is 5.82 Å². The van der Waals surface area contributed by atoms with Gasteiger partial charge in [-0.3, -0.25) is 9.89 Å². The number of nitrogens with one attached hydrogen (secondary N) is 2. The number of amides is 1. The summed E-state index contributed by atoms with van der Waals surface area (Å²) in [6.07, 6.45) is 0. The van der Waals surface area contributed by atoms with Crippen LogP contribution in [0.3, 0.4) is 0 Å². The number of aryl methyl sites for hydroxylation is 2. The van der Waals surface area contributed by atoms with Crippen molar-refractivity contribution in [3.63, 3.8) is 0 Å². The molecule has 2 rings (SSSR count). The van der Waals surface area contributed by atoms with Crippen LogP contribution in [0.2, 0.25) is 5.02 Å². The molecular weight excluding hydrogens is 268 g/mol. The number of nitrogens with zero attached hydrogens (tertiary/aromatic N) is 2. The minimum absolute atomic E-state index is 0.0761. The summed E-state index contributed by atoms with van der Waals surface area (Å²) in [5.74, 6) is 0.720. The largest absolute Gasteiger partial charge is 0.495 e. The Morgan fingerprint density at radius 3 is 2.74 bits per heavy atom. The SMILES string of the molecule is COc1cc(Cl)c(C)cc1NC(=O)c1n[nH]c(C)n1. The van der Waals surface area contributed by atoms with Crippen molar-refractivity contribution < 1.29 is 9.53 Å². The molecule has 1 heterocycles. The van der Waals surface area contributed by atoms with E-state index in [-0.39, 0.29) is 5.82 Å². The van der Waals surface area contributed by atoms with Gasteiger partial charge in [0.1, 0.15) is 11.6 Å². The number of methoxy groups -OCH3 is 1. The predicted molar refractivity (Wildman–Crippen MR) is 71.8 cm³/mol. The molecule has 100 valence electrons. The maximum atomic E-state index is 11.9. The number of hydrogen-bond donors (Lipinski definition) is 2. The van der Waals surface area contributed by atoms with Gasteiger partial charge in [0.15, 0.2) is 0 Å². The van der Waals surface area contributed by atoms with Crippen molar-refractivity contribution in [1.29, 1.82) is 0 Å². The van der Waals surface area contributed by atoms with Crippen molar-refractivity contribution >= 4 is 23.2 Å². The molecule has 1 aromatic carbocycles. The number of anilines is 1. The molecule has 19 heavy (non-hydrogen) atoms. The summed E-state index contributed by atoms with van der Waals surface area (Å²) >= 11 is 6.00. The van der Waals surface area contributed by atoms with Gasteiger partial charge in [-0.2, -0.15) is 0 Å². The molecule has 0 aliphatic carbocycles. The molecule has 1 aromatic heterocycles. The summed E-state index contributed by atoms with van der Waals surface area (Å²) in [5, 5.41) is 9.67. The Morgan fingerprint density at radius 1 is 1.42 bits per heavy atom. The number of aromatic amines is 1. The van der Waals surface area contributed by atoms with E-state index in [1.54, 1.807) is 19.1 Å². The first-order chi connectivity index (χ1) is 9.01. The molecule has 0 radical (unpaired) electrons. The van der Waals surface area contributed by atoms with E-state index < -0.39 is 5.91 Å². The quantitative estimate of drug-likeness (QED) is 0.904. The Labute approximate surface area is 115 Å². The van der Waals surface area contributed by atoms with Crippen LogP contribution >= 0.6 is 11.6 Å². The van der Waals surface area contributed by atoms with Crippen LogP contribution in [0.4, 0.5) is 5.69 Å². The van der Waals surface area contributed by atoms with Crippen LogP contribution in [0.5, 0.6) is 5.75 Å². The van der Waals surface area contributed by atoms with Gasteiger partial charge in [0.25, 0.3) is 5.91 Å². The highest BCUT2D eigenvalue weighted by molar-refractivity contribution is 6.31. The van der Waals surface area contributed by atoms with E-state index in [9.17, 15) is 4.79 Å². The highest BCUT2D eigenvalue weighted by atomic mass is 35.5. The van der Waals surface area contributed by atoms with Crippen LogP contribution in [0.15, 0.2) is 12.1 Å². The summed E-state index contributed by atoms with van der Waals surface area (Å²) < 4.78 is 5.18. The lowest BCUT2D eigenvalue weighted by Crippen LogP contribution is -2.14. The highest BCUT2D eigenvalue weighted by Gasteiger charge is 2.15. The summed E-state index contributed by atoms with van der Waals surface area (Å²) in [4.78, 5) is 15.9. The van der Waals surface area contributed by atoms with Gasteiger partial charge in [0.05, 0.1) is 12.8 Å². The number of hydrogen-bond acceptors (Lipinski definition) is 4. The van der Waals surface area contributed by atoms with Crippen LogP contribution in [-0.2, 0) is 0 Å². The molecule has 2 N–H and O–H groups in total. The Morgan fingerprint density at radius 2 is 2.16 bits per heavy atom. The minimum Gasteiger partial charge on any atom is -0.495 e. The molecule has 6 nitrogen and oxygen atoms in total. The van der Waals surface area contributed by atoms with Crippen LogP contribution in [0.25, 0.3) is 0 Å². The number of H-pyrrole nitrogens is 1. The maximum absolute atomic E-state index is 11.9. The van der Waals surface area contributed by atoms with Crippen LogP contribution in [0, 0.1) is 13.8 Å². The molecule has 0 saturated heterocycles. The summed E-state index contributed by atoms with van der Waals surface area (Å²) in [6.45, 7) is 3.56. The molecule has 0 bridgehead atoms. The number of halogens is 1. The second kappa shape index (κ2) is 5.27. The first-order valence-corrected chi connectivity index (χ1v) is 5.93. The first kappa shape index (κ1) is 13.4. The van der Waals surface area contributed by atoms with Crippen LogP contribution < -0.4 is 10.1 Å². The van der Waals surface area contributed by atoms with Crippen molar-refractivity contribution in [3.8, 4) is 5.75 Å². The average Bonchev–Trinajstić information content (AvgIpc) is 2.80. The Hall–Kier alpha value is -2.08. The van der Waals surface area contributed by atoms with E-state index >= 15 is 0 Å². The molecule has 0 saturated carbocycles. The second-order valence-electron chi connectivity index (χ2n) is 4.00. The van der Waals surface area contributed by atoms with Crippen LogP contribution in [-0.4, -0.2) is 28.2 Å². The summed E-state index contributed by atoms with van der Waals surface area (Å²) in [5.41, 5.74) is 1.36. The van der Waals surface area contributed by atoms with Gasteiger partial charge in [-0.15, -0.1) is 5.10 Å². The number of carbonyl (C=O) groups excluding carboxylic acids is 1. The van der Waals surface area contributed by atoms with Crippen molar-refractivity contribution in [2.45, 2.75) is 13.8 Å². The van der Waals surface area contributed by atoms with Gasteiger partial charge in [0, 0.05) is 11.1 Å². The van der Waals surface area contributed by atoms with E-state index in [4.69, 9.17) is 16.3 Å². The molecule has 0 aliphatic rings. The van der Waals surface area contributed by atoms with Crippen molar-refractivity contribution in [1.82, 2.24) is 15.2 Å². The van der Waals surface area contributed by atoms with Crippen molar-refractivity contribution in [2.75, 3.05) is 12.4 Å². The zero-order valence-corrected chi connectivity index (χ0v) is 11.5. The Kier molecular flexibility index (Phi) is 3.71. The fraction of sp³-hybridized carbons (Fsp3) is 0.250. The lowest BCUT2D eigenvalue weighted by molar-refractivity contribution is 0.101. The van der Waals surface area contributed by atoms with Gasteiger partial charge in [-0.05, 0) is 25.5 Å². The van der Waals surface area contributed by atoms with Gasteiger partial charge in [-0.1, -0.05) is 11.6 Å². The van der Waals surface area contributed by atoms with E-state index in [0.29, 0.717) is 22.3 Å². The maximum Gasteiger partial charge on any atom is 0.295 e. The topological polar surface area (TPSA) is 79.9 Å². The van der Waals surface area contributed by atoms with E-state index in [0.717, 1.165) is 5.56 Å². The smallest absolute Gasteiger partial charge is 0.295 e. The Bertz CT molecular complexity index is 624. The minimum atomic E-state index is -0.413. The monoisotopic (exact) mass is 280 g/mol. The molecule has 0 atom stereocenters. The first-order valence-electron chi connectivity index (χ1n) is 5.55. The highest BCUT2D eigenvalue weighted by Crippen LogP contribution is 2.31. The van der Waals surface area contributed by atoms with E-state index in [1.165, 1.54) is 7.11 Å². The zero-order valence-electron chi connectivity index (χ0n) is 10.7. The number of benzene rings is 1. The zero-order chi connectivity index (χ0) is 14.0. The predicted octanol–water partition coefficient (Wildman–Crippen LogP) is 2.34. The molecule has 0 unspecified atom stereocenters. The average molecular weight is 281 g/mol. The molecule has 0 aliphatic heterocycles. The molecule has 1 amide bonds. The third-order valence-electron chi connectivity index (χ3n) is 2.53. The van der Waals surface area contributed by atoms with Gasteiger partial charge >= 0.3 is 0 Å². The number of ether oxygens (including phenoxy) is 1. The van der Waals surface area contributed by atoms with E-state index in [1.807, 2.05) is 6.92 Å². The van der Waals surface area contributed by atoms with Gasteiger partial charge < -0.3 is 10.1 Å². The lowest BCUT2D eigenvalue weighted by atomic mass is 10.2. The third kappa shape index (κ3) is 2.85. The fourth-order valence-corrected chi connectivity index (χ4v) is 1.71. The van der Waals surface area contributed by atoms with Crippen molar-refractivity contribution in [3.05, 3.63) is 34.4 Å². The standard InChI is InChI=1S/C12H13ClN4O2/c1-6-4-9(10(19-3)5-8(6)13)15-12(18)11-14-7(2)16-17-11/h4-5H,1-3H3,(H,15,18)(H,14,16,17). The Balaban J connectivity index is 2.28. The lowest BCUT2D eigenvalue weighted by Gasteiger charge is -2.11. The number of rotatable bonds is 3.